The first-order valence-corrected chi connectivity index (χ1v) is 8.54. The molecule has 0 radical (unpaired) electrons. The molecule has 0 spiro atoms. The summed E-state index contributed by atoms with van der Waals surface area (Å²) in [5.41, 5.74) is 3.10. The SMILES string of the molecule is CCc1nc(-c2ccccc2NC(=O)c2cc3ccccc3n2C)n[nH]1. The zero-order valence-electron chi connectivity index (χ0n) is 14.7. The Labute approximate surface area is 150 Å². The van der Waals surface area contributed by atoms with Crippen LogP contribution in [0.1, 0.15) is 23.2 Å². The number of para-hydroxylation sites is 2. The van der Waals surface area contributed by atoms with Gasteiger partial charge in [-0.3, -0.25) is 9.89 Å². The minimum absolute atomic E-state index is 0.164. The van der Waals surface area contributed by atoms with Crippen molar-refractivity contribution in [1.29, 1.82) is 0 Å². The van der Waals surface area contributed by atoms with Crippen molar-refractivity contribution in [3.05, 3.63) is 66.1 Å². The molecular formula is C20H19N5O. The first kappa shape index (κ1) is 16.1. The molecule has 0 unspecified atom stereocenters. The molecule has 0 fully saturated rings. The Balaban J connectivity index is 1.68. The fourth-order valence-electron chi connectivity index (χ4n) is 3.05. The number of carbonyl (C=O) groups excluding carboxylic acids is 1. The van der Waals surface area contributed by atoms with E-state index in [-0.39, 0.29) is 5.91 Å². The summed E-state index contributed by atoms with van der Waals surface area (Å²) in [7, 11) is 1.89. The second-order valence-electron chi connectivity index (χ2n) is 6.11. The number of nitrogens with zero attached hydrogens (tertiary/aromatic N) is 3. The number of H-pyrrole nitrogens is 1. The largest absolute Gasteiger partial charge is 0.340 e. The summed E-state index contributed by atoms with van der Waals surface area (Å²) in [4.78, 5) is 17.3. The van der Waals surface area contributed by atoms with E-state index in [0.29, 0.717) is 17.2 Å². The maximum Gasteiger partial charge on any atom is 0.272 e. The highest BCUT2D eigenvalue weighted by Gasteiger charge is 2.16. The smallest absolute Gasteiger partial charge is 0.272 e. The second kappa shape index (κ2) is 6.48. The monoisotopic (exact) mass is 345 g/mol. The Kier molecular flexibility index (Phi) is 4.01. The highest BCUT2D eigenvalue weighted by Crippen LogP contribution is 2.26. The molecule has 2 aromatic carbocycles. The molecule has 2 aromatic heterocycles. The number of fused-ring (bicyclic) bond motifs is 1. The van der Waals surface area contributed by atoms with Crippen molar-refractivity contribution in [3.8, 4) is 11.4 Å². The normalized spacial score (nSPS) is 11.0. The number of rotatable bonds is 4. The zero-order chi connectivity index (χ0) is 18.1. The molecule has 0 aliphatic heterocycles. The van der Waals surface area contributed by atoms with Crippen molar-refractivity contribution in [3.63, 3.8) is 0 Å². The minimum Gasteiger partial charge on any atom is -0.340 e. The highest BCUT2D eigenvalue weighted by atomic mass is 16.1. The maximum atomic E-state index is 12.9. The molecule has 26 heavy (non-hydrogen) atoms. The molecule has 1 amide bonds. The van der Waals surface area contributed by atoms with Crippen LogP contribution in [0.3, 0.4) is 0 Å². The van der Waals surface area contributed by atoms with Gasteiger partial charge in [0.15, 0.2) is 5.82 Å². The molecule has 2 N–H and O–H groups in total. The van der Waals surface area contributed by atoms with E-state index >= 15 is 0 Å². The standard InChI is InChI=1S/C20H19N5O/c1-3-18-22-19(24-23-18)14-9-5-6-10-15(14)21-20(26)17-12-13-8-4-7-11-16(13)25(17)2/h4-12H,3H2,1-2H3,(H,21,26)(H,22,23,24). The summed E-state index contributed by atoms with van der Waals surface area (Å²) in [5, 5.41) is 11.2. The summed E-state index contributed by atoms with van der Waals surface area (Å²) in [6.07, 6.45) is 0.775. The minimum atomic E-state index is -0.164. The average molecular weight is 345 g/mol. The molecule has 0 atom stereocenters. The first-order valence-electron chi connectivity index (χ1n) is 8.54. The predicted octanol–water partition coefficient (Wildman–Crippen LogP) is 3.78. The lowest BCUT2D eigenvalue weighted by Crippen LogP contribution is -2.16. The number of hydrogen-bond acceptors (Lipinski definition) is 3. The van der Waals surface area contributed by atoms with Crippen LogP contribution in [0.25, 0.3) is 22.3 Å². The van der Waals surface area contributed by atoms with Gasteiger partial charge in [0.05, 0.1) is 5.69 Å². The van der Waals surface area contributed by atoms with Gasteiger partial charge in [-0.1, -0.05) is 37.3 Å². The number of anilines is 1. The third kappa shape index (κ3) is 2.75. The third-order valence-electron chi connectivity index (χ3n) is 4.47. The van der Waals surface area contributed by atoms with Gasteiger partial charge < -0.3 is 9.88 Å². The van der Waals surface area contributed by atoms with Crippen LogP contribution in [0.15, 0.2) is 54.6 Å². The summed E-state index contributed by atoms with van der Waals surface area (Å²) >= 11 is 0. The first-order chi connectivity index (χ1) is 12.7. The highest BCUT2D eigenvalue weighted by molar-refractivity contribution is 6.07. The van der Waals surface area contributed by atoms with E-state index in [4.69, 9.17) is 0 Å². The molecule has 0 aliphatic rings. The number of hydrogen-bond donors (Lipinski definition) is 2. The van der Waals surface area contributed by atoms with Crippen LogP contribution >= 0.6 is 0 Å². The fourth-order valence-corrected chi connectivity index (χ4v) is 3.05. The molecule has 6 nitrogen and oxygen atoms in total. The van der Waals surface area contributed by atoms with Gasteiger partial charge in [-0.15, -0.1) is 0 Å². The van der Waals surface area contributed by atoms with Gasteiger partial charge in [0, 0.05) is 29.9 Å². The third-order valence-corrected chi connectivity index (χ3v) is 4.47. The van der Waals surface area contributed by atoms with Gasteiger partial charge in [-0.2, -0.15) is 5.10 Å². The molecule has 0 bridgehead atoms. The van der Waals surface area contributed by atoms with Gasteiger partial charge in [-0.25, -0.2) is 4.98 Å². The van der Waals surface area contributed by atoms with Gasteiger partial charge >= 0.3 is 0 Å². The van der Waals surface area contributed by atoms with Crippen LogP contribution in [0.4, 0.5) is 5.69 Å². The van der Waals surface area contributed by atoms with E-state index in [1.54, 1.807) is 0 Å². The van der Waals surface area contributed by atoms with Crippen molar-refractivity contribution in [2.75, 3.05) is 5.32 Å². The average Bonchev–Trinajstić information content (AvgIpc) is 3.27. The fraction of sp³-hybridized carbons (Fsp3) is 0.150. The number of nitrogens with one attached hydrogen (secondary N) is 2. The number of benzene rings is 2. The molecule has 6 heteroatoms. The summed E-state index contributed by atoms with van der Waals surface area (Å²) < 4.78 is 1.90. The molecule has 4 rings (SSSR count). The Morgan fingerprint density at radius 1 is 1.15 bits per heavy atom. The van der Waals surface area contributed by atoms with E-state index in [0.717, 1.165) is 28.7 Å². The lowest BCUT2D eigenvalue weighted by atomic mass is 10.1. The van der Waals surface area contributed by atoms with Crippen LogP contribution < -0.4 is 5.32 Å². The molecule has 0 saturated heterocycles. The molecule has 130 valence electrons. The molecule has 4 aromatic rings. The summed E-state index contributed by atoms with van der Waals surface area (Å²) in [5.74, 6) is 1.23. The van der Waals surface area contributed by atoms with Gasteiger partial charge in [-0.05, 0) is 24.3 Å². The van der Waals surface area contributed by atoms with Crippen LogP contribution in [0.2, 0.25) is 0 Å². The number of aryl methyl sites for hydroxylation is 2. The number of aromatic nitrogens is 4. The van der Waals surface area contributed by atoms with E-state index in [1.165, 1.54) is 0 Å². The van der Waals surface area contributed by atoms with Crippen LogP contribution in [0, 0.1) is 0 Å². The van der Waals surface area contributed by atoms with Crippen molar-refractivity contribution in [2.24, 2.45) is 7.05 Å². The second-order valence-corrected chi connectivity index (χ2v) is 6.11. The van der Waals surface area contributed by atoms with E-state index in [1.807, 2.05) is 73.1 Å². The van der Waals surface area contributed by atoms with Crippen LogP contribution in [0.5, 0.6) is 0 Å². The van der Waals surface area contributed by atoms with Crippen molar-refractivity contribution >= 4 is 22.5 Å². The lowest BCUT2D eigenvalue weighted by Gasteiger charge is -2.09. The van der Waals surface area contributed by atoms with E-state index < -0.39 is 0 Å². The van der Waals surface area contributed by atoms with Crippen LogP contribution in [-0.4, -0.2) is 25.7 Å². The van der Waals surface area contributed by atoms with Gasteiger partial charge in [0.2, 0.25) is 0 Å². The molecule has 2 heterocycles. The Morgan fingerprint density at radius 3 is 2.69 bits per heavy atom. The number of amides is 1. The zero-order valence-corrected chi connectivity index (χ0v) is 14.7. The number of carbonyl (C=O) groups is 1. The molecular weight excluding hydrogens is 326 g/mol. The summed E-state index contributed by atoms with van der Waals surface area (Å²) in [6.45, 7) is 2.01. The van der Waals surface area contributed by atoms with Crippen molar-refractivity contribution < 1.29 is 4.79 Å². The Bertz CT molecular complexity index is 1090. The van der Waals surface area contributed by atoms with Gasteiger partial charge in [0.1, 0.15) is 11.5 Å². The Morgan fingerprint density at radius 2 is 1.92 bits per heavy atom. The molecule has 0 saturated carbocycles. The van der Waals surface area contributed by atoms with Crippen molar-refractivity contribution in [1.82, 2.24) is 19.7 Å². The predicted molar refractivity (Wildman–Crippen MR) is 102 cm³/mol. The molecule has 0 aliphatic carbocycles. The van der Waals surface area contributed by atoms with Crippen LogP contribution in [-0.2, 0) is 13.5 Å². The summed E-state index contributed by atoms with van der Waals surface area (Å²) in [6, 6.07) is 17.4. The quantitative estimate of drug-likeness (QED) is 0.591. The maximum absolute atomic E-state index is 12.9. The topological polar surface area (TPSA) is 75.6 Å². The van der Waals surface area contributed by atoms with Gasteiger partial charge in [0.25, 0.3) is 5.91 Å². The van der Waals surface area contributed by atoms with Crippen molar-refractivity contribution in [2.45, 2.75) is 13.3 Å². The lowest BCUT2D eigenvalue weighted by molar-refractivity contribution is 0.102. The van der Waals surface area contributed by atoms with E-state index in [2.05, 4.69) is 20.5 Å². The number of aromatic amines is 1. The Hall–Kier alpha value is -3.41. The van der Waals surface area contributed by atoms with E-state index in [9.17, 15) is 4.79 Å².